The molecule has 0 saturated heterocycles. The van der Waals surface area contributed by atoms with E-state index in [1.165, 1.54) is 5.56 Å². The Morgan fingerprint density at radius 1 is 1.19 bits per heavy atom. The van der Waals surface area contributed by atoms with Crippen LogP contribution >= 0.6 is 0 Å². The molecule has 1 aromatic carbocycles. The molecule has 0 saturated carbocycles. The summed E-state index contributed by atoms with van der Waals surface area (Å²) >= 11 is 0. The lowest BCUT2D eigenvalue weighted by Crippen LogP contribution is -2.39. The first kappa shape index (κ1) is 17.8. The van der Waals surface area contributed by atoms with Crippen molar-refractivity contribution in [2.75, 3.05) is 24.3 Å². The molecule has 1 N–H and O–H groups in total. The Morgan fingerprint density at radius 3 is 2.48 bits per heavy atom. The van der Waals surface area contributed by atoms with Crippen molar-refractivity contribution in [2.45, 2.75) is 33.1 Å². The van der Waals surface area contributed by atoms with E-state index in [1.54, 1.807) is 0 Å². The zero-order chi connectivity index (χ0) is 19.5. The van der Waals surface area contributed by atoms with Crippen LogP contribution in [0.3, 0.4) is 0 Å². The van der Waals surface area contributed by atoms with Crippen molar-refractivity contribution in [3.8, 4) is 0 Å². The third-order valence-corrected chi connectivity index (χ3v) is 5.80. The Hall–Kier alpha value is -2.56. The maximum Gasteiger partial charge on any atom is 0.143 e. The van der Waals surface area contributed by atoms with Crippen molar-refractivity contribution in [3.63, 3.8) is 0 Å². The molecular formula is C22H28N4O. The smallest absolute Gasteiger partial charge is 0.143 e. The summed E-state index contributed by atoms with van der Waals surface area (Å²) in [6, 6.07) is 8.57. The molecule has 2 aliphatic rings. The average Bonchev–Trinajstić information content (AvgIpc) is 2.86. The van der Waals surface area contributed by atoms with Gasteiger partial charge in [-0.1, -0.05) is 32.1 Å². The molecule has 2 heterocycles. The molecular weight excluding hydrogens is 336 g/mol. The van der Waals surface area contributed by atoms with Crippen LogP contribution in [0.2, 0.25) is 0 Å². The van der Waals surface area contributed by atoms with Gasteiger partial charge in [-0.15, -0.1) is 0 Å². The van der Waals surface area contributed by atoms with Gasteiger partial charge < -0.3 is 10.2 Å². The van der Waals surface area contributed by atoms with Gasteiger partial charge in [-0.05, 0) is 30.0 Å². The Balaban J connectivity index is 1.91. The Bertz CT molecular complexity index is 934. The standard InChI is InChI=1S/C22H28N4O/c1-13-18-19(14-7-9-15(10-8-14)25(4)5)20-16(23-21(18)26(6)24-13)11-22(2,3)12-17(20)27/h7-11,19-20,23H,12H2,1-6H3/t19-,20+/m0/s1. The maximum absolute atomic E-state index is 13.2. The quantitative estimate of drug-likeness (QED) is 0.879. The zero-order valence-electron chi connectivity index (χ0n) is 17.0. The lowest BCUT2D eigenvalue weighted by molar-refractivity contribution is -0.124. The van der Waals surface area contributed by atoms with E-state index in [2.05, 4.69) is 59.5 Å². The third-order valence-electron chi connectivity index (χ3n) is 5.80. The molecule has 0 fully saturated rings. The summed E-state index contributed by atoms with van der Waals surface area (Å²) < 4.78 is 1.90. The van der Waals surface area contributed by atoms with Crippen LogP contribution in [0.5, 0.6) is 0 Å². The van der Waals surface area contributed by atoms with Gasteiger partial charge >= 0.3 is 0 Å². The van der Waals surface area contributed by atoms with E-state index in [1.807, 2.05) is 32.7 Å². The number of nitrogens with one attached hydrogen (secondary N) is 1. The highest BCUT2D eigenvalue weighted by Gasteiger charge is 2.45. The average molecular weight is 364 g/mol. The van der Waals surface area contributed by atoms with E-state index in [4.69, 9.17) is 0 Å². The van der Waals surface area contributed by atoms with E-state index in [9.17, 15) is 4.79 Å². The number of ketones is 1. The number of hydrogen-bond acceptors (Lipinski definition) is 4. The van der Waals surface area contributed by atoms with Gasteiger partial charge in [0, 0.05) is 50.4 Å². The zero-order valence-corrected chi connectivity index (χ0v) is 17.0. The number of benzene rings is 1. The number of carbonyl (C=O) groups excluding carboxylic acids is 1. The van der Waals surface area contributed by atoms with Crippen LogP contribution < -0.4 is 10.2 Å². The van der Waals surface area contributed by atoms with Gasteiger partial charge in [-0.25, -0.2) is 0 Å². The highest BCUT2D eigenvalue weighted by Crippen LogP contribution is 2.50. The molecule has 0 spiro atoms. The number of anilines is 2. The lowest BCUT2D eigenvalue weighted by Gasteiger charge is -2.40. The Kier molecular flexibility index (Phi) is 3.95. The van der Waals surface area contributed by atoms with Crippen LogP contribution in [0, 0.1) is 18.3 Å². The monoisotopic (exact) mass is 364 g/mol. The predicted octanol–water partition coefficient (Wildman–Crippen LogP) is 3.85. The normalized spacial score (nSPS) is 23.2. The number of rotatable bonds is 2. The third kappa shape index (κ3) is 2.85. The minimum absolute atomic E-state index is 0.000937. The fourth-order valence-electron chi connectivity index (χ4n) is 4.61. The topological polar surface area (TPSA) is 50.2 Å². The number of aromatic nitrogens is 2. The van der Waals surface area contributed by atoms with Gasteiger partial charge in [0.15, 0.2) is 0 Å². The van der Waals surface area contributed by atoms with Crippen molar-refractivity contribution in [3.05, 3.63) is 52.9 Å². The number of nitrogens with zero attached hydrogens (tertiary/aromatic N) is 3. The summed E-state index contributed by atoms with van der Waals surface area (Å²) in [5, 5.41) is 8.18. The summed E-state index contributed by atoms with van der Waals surface area (Å²) in [6.45, 7) is 6.29. The second-order valence-corrected chi connectivity index (χ2v) is 8.77. The van der Waals surface area contributed by atoms with Crippen molar-refractivity contribution in [1.82, 2.24) is 9.78 Å². The van der Waals surface area contributed by atoms with Crippen LogP contribution in [0.25, 0.3) is 0 Å². The van der Waals surface area contributed by atoms with Crippen LogP contribution in [-0.4, -0.2) is 29.7 Å². The summed E-state index contributed by atoms with van der Waals surface area (Å²) in [4.78, 5) is 15.3. The van der Waals surface area contributed by atoms with E-state index < -0.39 is 0 Å². The first-order chi connectivity index (χ1) is 12.7. The molecule has 0 radical (unpaired) electrons. The van der Waals surface area contributed by atoms with Crippen molar-refractivity contribution in [2.24, 2.45) is 18.4 Å². The minimum atomic E-state index is -0.168. The first-order valence-corrected chi connectivity index (χ1v) is 9.51. The first-order valence-electron chi connectivity index (χ1n) is 9.51. The molecule has 0 bridgehead atoms. The molecule has 142 valence electrons. The second-order valence-electron chi connectivity index (χ2n) is 8.77. The molecule has 1 aromatic heterocycles. The largest absolute Gasteiger partial charge is 0.378 e. The number of Topliss-reactive ketones (excluding diaryl/α,β-unsaturated/α-hetero) is 1. The van der Waals surface area contributed by atoms with Crippen LogP contribution in [-0.2, 0) is 11.8 Å². The van der Waals surface area contributed by atoms with Crippen molar-refractivity contribution in [1.29, 1.82) is 0 Å². The van der Waals surface area contributed by atoms with Crippen molar-refractivity contribution >= 4 is 17.3 Å². The van der Waals surface area contributed by atoms with Gasteiger partial charge in [0.05, 0.1) is 11.6 Å². The fraction of sp³-hybridized carbons (Fsp3) is 0.455. The maximum atomic E-state index is 13.2. The number of carbonyl (C=O) groups is 1. The van der Waals surface area contributed by atoms with Gasteiger partial charge in [-0.2, -0.15) is 5.10 Å². The fourth-order valence-corrected chi connectivity index (χ4v) is 4.61. The highest BCUT2D eigenvalue weighted by atomic mass is 16.1. The van der Waals surface area contributed by atoms with E-state index in [0.717, 1.165) is 28.5 Å². The molecule has 5 nitrogen and oxygen atoms in total. The van der Waals surface area contributed by atoms with Gasteiger partial charge in [0.1, 0.15) is 11.6 Å². The molecule has 0 amide bonds. The van der Waals surface area contributed by atoms with Crippen LogP contribution in [0.1, 0.15) is 43.0 Å². The molecule has 2 aromatic rings. The molecule has 0 unspecified atom stereocenters. The molecule has 1 aliphatic carbocycles. The highest BCUT2D eigenvalue weighted by molar-refractivity contribution is 5.90. The van der Waals surface area contributed by atoms with E-state index in [0.29, 0.717) is 12.2 Å². The van der Waals surface area contributed by atoms with Crippen molar-refractivity contribution < 1.29 is 4.79 Å². The molecule has 1 aliphatic heterocycles. The summed E-state index contributed by atoms with van der Waals surface area (Å²) in [7, 11) is 6.04. The van der Waals surface area contributed by atoms with Crippen LogP contribution in [0.15, 0.2) is 36.0 Å². The van der Waals surface area contributed by atoms with Gasteiger partial charge in [0.2, 0.25) is 0 Å². The summed E-state index contributed by atoms with van der Waals surface area (Å²) in [5.41, 5.74) is 5.35. The number of hydrogen-bond donors (Lipinski definition) is 1. The lowest BCUT2D eigenvalue weighted by atomic mass is 9.67. The summed E-state index contributed by atoms with van der Waals surface area (Å²) in [5.74, 6) is 1.14. The van der Waals surface area contributed by atoms with E-state index in [-0.39, 0.29) is 17.3 Å². The number of allylic oxidation sites excluding steroid dienone is 2. The molecule has 27 heavy (non-hydrogen) atoms. The Labute approximate surface area is 161 Å². The molecule has 4 rings (SSSR count). The van der Waals surface area contributed by atoms with Gasteiger partial charge in [0.25, 0.3) is 0 Å². The van der Waals surface area contributed by atoms with Crippen LogP contribution in [0.4, 0.5) is 11.5 Å². The van der Waals surface area contributed by atoms with Gasteiger partial charge in [-0.3, -0.25) is 9.48 Å². The SMILES string of the molecule is Cc1nn(C)c2c1[C@H](c1ccc(N(C)C)cc1)[C@H]1C(=O)CC(C)(C)C=C1N2. The number of fused-ring (bicyclic) bond motifs is 2. The van der Waals surface area contributed by atoms with E-state index >= 15 is 0 Å². The second kappa shape index (κ2) is 5.98. The molecule has 5 heteroatoms. The summed E-state index contributed by atoms with van der Waals surface area (Å²) in [6.07, 6.45) is 2.81. The minimum Gasteiger partial charge on any atom is -0.378 e. The number of aryl methyl sites for hydroxylation is 2. The Morgan fingerprint density at radius 2 is 1.85 bits per heavy atom. The predicted molar refractivity (Wildman–Crippen MR) is 109 cm³/mol. The molecule has 2 atom stereocenters.